The highest BCUT2D eigenvalue weighted by Crippen LogP contribution is 2.17. The van der Waals surface area contributed by atoms with E-state index in [1.807, 2.05) is 39.0 Å². The van der Waals surface area contributed by atoms with E-state index in [0.717, 1.165) is 16.8 Å². The zero-order valence-electron chi connectivity index (χ0n) is 12.2. The summed E-state index contributed by atoms with van der Waals surface area (Å²) < 4.78 is 0. The first-order chi connectivity index (χ1) is 9.40. The van der Waals surface area contributed by atoms with Gasteiger partial charge in [0.05, 0.1) is 0 Å². The molecule has 1 aromatic carbocycles. The number of rotatable bonds is 6. The Bertz CT molecular complexity index is 486. The Hall–Kier alpha value is -2.04. The normalized spacial score (nSPS) is 11.8. The number of aryl methyl sites for hydroxylation is 1. The molecule has 0 fully saturated rings. The van der Waals surface area contributed by atoms with Gasteiger partial charge in [-0.2, -0.15) is 0 Å². The lowest BCUT2D eigenvalue weighted by Gasteiger charge is -2.15. The fraction of sp³-hybridized carbons (Fsp3) is 0.467. The minimum atomic E-state index is -0.808. The summed E-state index contributed by atoms with van der Waals surface area (Å²) in [5.41, 5.74) is 2.96. The lowest BCUT2D eigenvalue weighted by Crippen LogP contribution is -2.36. The zero-order valence-corrected chi connectivity index (χ0v) is 12.2. The second kappa shape index (κ2) is 7.53. The highest BCUT2D eigenvalue weighted by molar-refractivity contribution is 5.90. The topological polar surface area (TPSA) is 78.4 Å². The predicted octanol–water partition coefficient (Wildman–Crippen LogP) is 3.07. The Morgan fingerprint density at radius 2 is 2.00 bits per heavy atom. The second-order valence-corrected chi connectivity index (χ2v) is 5.03. The number of hydrogen-bond acceptors (Lipinski definition) is 2. The molecule has 3 N–H and O–H groups in total. The van der Waals surface area contributed by atoms with E-state index >= 15 is 0 Å². The molecule has 0 saturated carbocycles. The Labute approximate surface area is 119 Å². The molecule has 20 heavy (non-hydrogen) atoms. The van der Waals surface area contributed by atoms with Gasteiger partial charge < -0.3 is 15.7 Å². The minimum absolute atomic E-state index is 0.0561. The molecule has 0 spiro atoms. The van der Waals surface area contributed by atoms with E-state index in [9.17, 15) is 9.59 Å². The Morgan fingerprint density at radius 3 is 2.65 bits per heavy atom. The highest BCUT2D eigenvalue weighted by atomic mass is 16.4. The van der Waals surface area contributed by atoms with Crippen LogP contribution in [-0.4, -0.2) is 23.1 Å². The van der Waals surface area contributed by atoms with Gasteiger partial charge in [0, 0.05) is 18.2 Å². The number of carboxylic acids is 1. The molecule has 110 valence electrons. The van der Waals surface area contributed by atoms with Crippen molar-refractivity contribution in [3.05, 3.63) is 29.3 Å². The first-order valence-corrected chi connectivity index (χ1v) is 6.75. The van der Waals surface area contributed by atoms with Crippen molar-refractivity contribution in [3.63, 3.8) is 0 Å². The average Bonchev–Trinajstić information content (AvgIpc) is 2.34. The number of amides is 2. The third-order valence-corrected chi connectivity index (χ3v) is 3.26. The van der Waals surface area contributed by atoms with Gasteiger partial charge in [-0.1, -0.05) is 12.1 Å². The van der Waals surface area contributed by atoms with Crippen molar-refractivity contribution in [2.24, 2.45) is 0 Å². The Kier molecular flexibility index (Phi) is 6.03. The van der Waals surface area contributed by atoms with Crippen LogP contribution >= 0.6 is 0 Å². The number of urea groups is 1. The number of nitrogens with one attached hydrogen (secondary N) is 2. The summed E-state index contributed by atoms with van der Waals surface area (Å²) in [6.07, 6.45) is 1.33. The van der Waals surface area contributed by atoms with Crippen LogP contribution in [0.5, 0.6) is 0 Å². The van der Waals surface area contributed by atoms with Crippen LogP contribution in [0.3, 0.4) is 0 Å². The van der Waals surface area contributed by atoms with Gasteiger partial charge >= 0.3 is 12.0 Å². The number of hydrogen-bond donors (Lipinski definition) is 3. The van der Waals surface area contributed by atoms with Gasteiger partial charge in [0.25, 0.3) is 0 Å². The molecule has 0 radical (unpaired) electrons. The summed E-state index contributed by atoms with van der Waals surface area (Å²) in [4.78, 5) is 22.3. The second-order valence-electron chi connectivity index (χ2n) is 5.03. The van der Waals surface area contributed by atoms with E-state index in [2.05, 4.69) is 10.6 Å². The molecule has 0 aliphatic heterocycles. The predicted molar refractivity (Wildman–Crippen MR) is 79.0 cm³/mol. The quantitative estimate of drug-likeness (QED) is 0.748. The van der Waals surface area contributed by atoms with E-state index in [0.29, 0.717) is 12.8 Å². The van der Waals surface area contributed by atoms with Crippen LogP contribution in [0, 0.1) is 13.8 Å². The molecule has 0 aliphatic rings. The van der Waals surface area contributed by atoms with E-state index in [1.165, 1.54) is 0 Å². The van der Waals surface area contributed by atoms with Gasteiger partial charge in [0.1, 0.15) is 0 Å². The van der Waals surface area contributed by atoms with Gasteiger partial charge in [0.15, 0.2) is 0 Å². The minimum Gasteiger partial charge on any atom is -0.481 e. The van der Waals surface area contributed by atoms with E-state index < -0.39 is 5.97 Å². The fourth-order valence-corrected chi connectivity index (χ4v) is 1.90. The number of benzene rings is 1. The van der Waals surface area contributed by atoms with Crippen LogP contribution in [-0.2, 0) is 4.79 Å². The van der Waals surface area contributed by atoms with Crippen molar-refractivity contribution in [1.29, 1.82) is 0 Å². The van der Waals surface area contributed by atoms with E-state index in [-0.39, 0.29) is 18.5 Å². The summed E-state index contributed by atoms with van der Waals surface area (Å²) >= 11 is 0. The van der Waals surface area contributed by atoms with Crippen molar-refractivity contribution < 1.29 is 14.7 Å². The number of anilines is 1. The Morgan fingerprint density at radius 1 is 1.30 bits per heavy atom. The molecule has 0 bridgehead atoms. The number of carboxylic acid groups (broad SMARTS) is 1. The van der Waals surface area contributed by atoms with Gasteiger partial charge in [-0.15, -0.1) is 0 Å². The van der Waals surface area contributed by atoms with Crippen molar-refractivity contribution >= 4 is 17.7 Å². The summed E-state index contributed by atoms with van der Waals surface area (Å²) in [7, 11) is 0. The number of carbonyl (C=O) groups is 2. The molecule has 1 atom stereocenters. The lowest BCUT2D eigenvalue weighted by atomic mass is 10.1. The molecule has 0 aromatic heterocycles. The smallest absolute Gasteiger partial charge is 0.319 e. The third-order valence-electron chi connectivity index (χ3n) is 3.26. The SMILES string of the molecule is Cc1cccc(NC(=O)NC(C)CCCC(=O)O)c1C. The molecule has 0 aliphatic carbocycles. The molecular formula is C15H22N2O3. The molecule has 0 saturated heterocycles. The van der Waals surface area contributed by atoms with Crippen LogP contribution in [0.15, 0.2) is 18.2 Å². The van der Waals surface area contributed by atoms with Crippen LogP contribution in [0.2, 0.25) is 0 Å². The maximum absolute atomic E-state index is 11.8. The van der Waals surface area contributed by atoms with Gasteiger partial charge in [0.2, 0.25) is 0 Å². The van der Waals surface area contributed by atoms with Gasteiger partial charge in [-0.3, -0.25) is 4.79 Å². The third kappa shape index (κ3) is 5.30. The van der Waals surface area contributed by atoms with Crippen LogP contribution < -0.4 is 10.6 Å². The molecule has 5 nitrogen and oxygen atoms in total. The highest BCUT2D eigenvalue weighted by Gasteiger charge is 2.09. The summed E-state index contributed by atoms with van der Waals surface area (Å²) in [6.45, 7) is 5.82. The molecule has 1 rings (SSSR count). The van der Waals surface area contributed by atoms with Crippen molar-refractivity contribution in [2.45, 2.75) is 46.1 Å². The van der Waals surface area contributed by atoms with E-state index in [4.69, 9.17) is 5.11 Å². The summed E-state index contributed by atoms with van der Waals surface area (Å²) in [5.74, 6) is -0.808. The standard InChI is InChI=1S/C15H22N2O3/c1-10-6-4-8-13(12(10)3)17-15(20)16-11(2)7-5-9-14(18)19/h4,6,8,11H,5,7,9H2,1-3H3,(H,18,19)(H2,16,17,20). The monoisotopic (exact) mass is 278 g/mol. The zero-order chi connectivity index (χ0) is 15.1. The van der Waals surface area contributed by atoms with Crippen LogP contribution in [0.25, 0.3) is 0 Å². The van der Waals surface area contributed by atoms with Crippen LogP contribution in [0.1, 0.15) is 37.3 Å². The molecule has 1 unspecified atom stereocenters. The maximum atomic E-state index is 11.8. The average molecular weight is 278 g/mol. The molecule has 1 aromatic rings. The molecule has 5 heteroatoms. The Balaban J connectivity index is 2.43. The summed E-state index contributed by atoms with van der Waals surface area (Å²) in [5, 5.41) is 14.2. The van der Waals surface area contributed by atoms with E-state index in [1.54, 1.807) is 0 Å². The first kappa shape index (κ1) is 16.0. The molecule has 2 amide bonds. The van der Waals surface area contributed by atoms with Crippen molar-refractivity contribution in [2.75, 3.05) is 5.32 Å². The first-order valence-electron chi connectivity index (χ1n) is 6.75. The van der Waals surface area contributed by atoms with Crippen LogP contribution in [0.4, 0.5) is 10.5 Å². The fourth-order valence-electron chi connectivity index (χ4n) is 1.90. The molecule has 0 heterocycles. The maximum Gasteiger partial charge on any atom is 0.319 e. The lowest BCUT2D eigenvalue weighted by molar-refractivity contribution is -0.137. The van der Waals surface area contributed by atoms with Crippen molar-refractivity contribution in [3.8, 4) is 0 Å². The molecular weight excluding hydrogens is 256 g/mol. The van der Waals surface area contributed by atoms with Gasteiger partial charge in [-0.25, -0.2) is 4.79 Å². The van der Waals surface area contributed by atoms with Gasteiger partial charge in [-0.05, 0) is 50.8 Å². The van der Waals surface area contributed by atoms with Crippen molar-refractivity contribution in [1.82, 2.24) is 5.32 Å². The largest absolute Gasteiger partial charge is 0.481 e. The number of aliphatic carboxylic acids is 1. The number of carbonyl (C=O) groups excluding carboxylic acids is 1. The summed E-state index contributed by atoms with van der Waals surface area (Å²) in [6, 6.07) is 5.43.